The molecule has 1 saturated carbocycles. The van der Waals surface area contributed by atoms with Gasteiger partial charge < -0.3 is 23.8 Å². The third-order valence-electron chi connectivity index (χ3n) is 5.75. The molecule has 0 unspecified atom stereocenters. The Morgan fingerprint density at radius 1 is 1.06 bits per heavy atom. The number of anilines is 1. The number of aromatic nitrogens is 3. The van der Waals surface area contributed by atoms with E-state index in [2.05, 4.69) is 20.0 Å². The van der Waals surface area contributed by atoms with E-state index in [4.69, 9.17) is 14.0 Å². The molecule has 1 saturated heterocycles. The normalized spacial score (nSPS) is 16.2. The molecule has 2 aromatic heterocycles. The predicted molar refractivity (Wildman–Crippen MR) is 117 cm³/mol. The van der Waals surface area contributed by atoms with Gasteiger partial charge in [-0.3, -0.25) is 4.79 Å². The van der Waals surface area contributed by atoms with Crippen LogP contribution >= 0.6 is 0 Å². The summed E-state index contributed by atoms with van der Waals surface area (Å²) in [6, 6.07) is 11.1. The maximum absolute atomic E-state index is 12.5. The number of rotatable bonds is 7. The van der Waals surface area contributed by atoms with Gasteiger partial charge >= 0.3 is 0 Å². The minimum atomic E-state index is -0.0210. The van der Waals surface area contributed by atoms with Crippen molar-refractivity contribution in [2.75, 3.05) is 44.8 Å². The number of piperazine rings is 1. The zero-order valence-corrected chi connectivity index (χ0v) is 17.9. The highest BCUT2D eigenvalue weighted by Crippen LogP contribution is 2.39. The van der Waals surface area contributed by atoms with Crippen LogP contribution in [0.25, 0.3) is 11.4 Å². The Bertz CT molecular complexity index is 1050. The van der Waals surface area contributed by atoms with Gasteiger partial charge in [0.1, 0.15) is 17.3 Å². The van der Waals surface area contributed by atoms with Crippen molar-refractivity contribution in [1.29, 1.82) is 0 Å². The van der Waals surface area contributed by atoms with Crippen LogP contribution in [0, 0.1) is 0 Å². The quantitative estimate of drug-likeness (QED) is 0.559. The number of carbonyl (C=O) groups is 1. The minimum absolute atomic E-state index is 0.0207. The van der Waals surface area contributed by atoms with Crippen molar-refractivity contribution >= 4 is 11.7 Å². The van der Waals surface area contributed by atoms with Crippen LogP contribution in [0.5, 0.6) is 11.5 Å². The minimum Gasteiger partial charge on any atom is -0.497 e. The maximum atomic E-state index is 12.5. The summed E-state index contributed by atoms with van der Waals surface area (Å²) in [5.74, 6) is 3.99. The van der Waals surface area contributed by atoms with Gasteiger partial charge in [0.25, 0.3) is 5.91 Å². The SMILES string of the molecule is COc1ccc(OCC(=O)N2CCN(c3ccc(-c4noc(C5CC5)n4)cn3)CC2)cc1. The van der Waals surface area contributed by atoms with Gasteiger partial charge in [-0.15, -0.1) is 0 Å². The van der Waals surface area contributed by atoms with E-state index >= 15 is 0 Å². The molecular formula is C23H25N5O4. The standard InChI is InChI=1S/C23H25N5O4/c1-30-18-5-7-19(8-6-18)31-15-21(29)28-12-10-27(11-13-28)20-9-4-17(14-24-20)22-25-23(32-26-22)16-2-3-16/h4-9,14,16H,2-3,10-13,15H2,1H3. The fourth-order valence-electron chi connectivity index (χ4n) is 3.65. The second-order valence-corrected chi connectivity index (χ2v) is 7.97. The Hall–Kier alpha value is -3.62. The van der Waals surface area contributed by atoms with Crippen LogP contribution in [0.2, 0.25) is 0 Å². The van der Waals surface area contributed by atoms with E-state index in [0.717, 1.165) is 35.9 Å². The maximum Gasteiger partial charge on any atom is 0.260 e. The average molecular weight is 435 g/mol. The Balaban J connectivity index is 1.11. The van der Waals surface area contributed by atoms with Crippen LogP contribution in [-0.4, -0.2) is 65.8 Å². The van der Waals surface area contributed by atoms with Gasteiger partial charge in [0.15, 0.2) is 6.61 Å². The van der Waals surface area contributed by atoms with Crippen LogP contribution in [0.15, 0.2) is 47.1 Å². The highest BCUT2D eigenvalue weighted by molar-refractivity contribution is 5.78. The first-order valence-corrected chi connectivity index (χ1v) is 10.8. The summed E-state index contributed by atoms with van der Waals surface area (Å²) in [5, 5.41) is 4.07. The molecule has 32 heavy (non-hydrogen) atoms. The van der Waals surface area contributed by atoms with Gasteiger partial charge in [0.2, 0.25) is 11.7 Å². The van der Waals surface area contributed by atoms with Crippen molar-refractivity contribution in [1.82, 2.24) is 20.0 Å². The third kappa shape index (κ3) is 4.51. The number of benzene rings is 1. The van der Waals surface area contributed by atoms with E-state index in [1.54, 1.807) is 25.4 Å². The second-order valence-electron chi connectivity index (χ2n) is 7.97. The fourth-order valence-corrected chi connectivity index (χ4v) is 3.65. The van der Waals surface area contributed by atoms with Crippen molar-refractivity contribution < 1.29 is 18.8 Å². The zero-order chi connectivity index (χ0) is 21.9. The van der Waals surface area contributed by atoms with Gasteiger partial charge in [-0.1, -0.05) is 5.16 Å². The molecule has 166 valence electrons. The lowest BCUT2D eigenvalue weighted by Gasteiger charge is -2.35. The molecule has 9 heteroatoms. The molecule has 9 nitrogen and oxygen atoms in total. The van der Waals surface area contributed by atoms with Gasteiger partial charge in [0, 0.05) is 43.9 Å². The van der Waals surface area contributed by atoms with E-state index in [1.165, 1.54) is 0 Å². The number of hydrogen-bond donors (Lipinski definition) is 0. The molecule has 2 aliphatic rings. The molecule has 0 spiro atoms. The topological polar surface area (TPSA) is 93.8 Å². The van der Waals surface area contributed by atoms with Crippen molar-refractivity contribution in [3.05, 3.63) is 48.5 Å². The summed E-state index contributed by atoms with van der Waals surface area (Å²) < 4.78 is 16.1. The molecule has 0 radical (unpaired) electrons. The predicted octanol–water partition coefficient (Wildman–Crippen LogP) is 2.75. The van der Waals surface area contributed by atoms with Crippen molar-refractivity contribution in [2.45, 2.75) is 18.8 Å². The summed E-state index contributed by atoms with van der Waals surface area (Å²) >= 11 is 0. The number of amides is 1. The molecule has 0 bridgehead atoms. The third-order valence-corrected chi connectivity index (χ3v) is 5.75. The van der Waals surface area contributed by atoms with Crippen LogP contribution in [0.4, 0.5) is 5.82 Å². The van der Waals surface area contributed by atoms with Crippen molar-refractivity contribution in [3.63, 3.8) is 0 Å². The molecule has 1 aromatic carbocycles. The average Bonchev–Trinajstić information content (AvgIpc) is 3.59. The summed E-state index contributed by atoms with van der Waals surface area (Å²) in [4.78, 5) is 25.6. The monoisotopic (exact) mass is 435 g/mol. The first kappa shape index (κ1) is 20.3. The van der Waals surface area contributed by atoms with Crippen molar-refractivity contribution in [3.8, 4) is 22.9 Å². The summed E-state index contributed by atoms with van der Waals surface area (Å²) in [6.45, 7) is 2.71. The zero-order valence-electron chi connectivity index (χ0n) is 17.9. The molecule has 3 heterocycles. The van der Waals surface area contributed by atoms with Gasteiger partial charge in [-0.05, 0) is 49.2 Å². The van der Waals surface area contributed by atoms with E-state index < -0.39 is 0 Å². The molecule has 3 aromatic rings. The van der Waals surface area contributed by atoms with E-state index in [-0.39, 0.29) is 12.5 Å². The van der Waals surface area contributed by atoms with Crippen molar-refractivity contribution in [2.24, 2.45) is 0 Å². The fraction of sp³-hybridized carbons (Fsp3) is 0.391. The number of nitrogens with zero attached hydrogens (tertiary/aromatic N) is 5. The molecule has 2 fully saturated rings. The molecule has 1 aliphatic heterocycles. The van der Waals surface area contributed by atoms with Gasteiger partial charge in [0.05, 0.1) is 7.11 Å². The van der Waals surface area contributed by atoms with E-state index in [9.17, 15) is 4.79 Å². The number of methoxy groups -OCH3 is 1. The number of ether oxygens (including phenoxy) is 2. The molecule has 1 amide bonds. The highest BCUT2D eigenvalue weighted by Gasteiger charge is 2.30. The lowest BCUT2D eigenvalue weighted by atomic mass is 10.2. The lowest BCUT2D eigenvalue weighted by molar-refractivity contribution is -0.133. The van der Waals surface area contributed by atoms with E-state index in [1.807, 2.05) is 29.2 Å². The van der Waals surface area contributed by atoms with Gasteiger partial charge in [-0.25, -0.2) is 4.98 Å². The Kier molecular flexibility index (Phi) is 5.62. The Labute approximate surface area is 185 Å². The molecule has 0 atom stereocenters. The van der Waals surface area contributed by atoms with Crippen LogP contribution in [0.3, 0.4) is 0 Å². The van der Waals surface area contributed by atoms with Crippen LogP contribution in [-0.2, 0) is 4.79 Å². The first-order valence-electron chi connectivity index (χ1n) is 10.8. The summed E-state index contributed by atoms with van der Waals surface area (Å²) in [7, 11) is 1.61. The number of carbonyl (C=O) groups excluding carboxylic acids is 1. The molecule has 1 aliphatic carbocycles. The largest absolute Gasteiger partial charge is 0.497 e. The van der Waals surface area contributed by atoms with E-state index in [0.29, 0.717) is 43.7 Å². The summed E-state index contributed by atoms with van der Waals surface area (Å²) in [5.41, 5.74) is 0.842. The lowest BCUT2D eigenvalue weighted by Crippen LogP contribution is -2.50. The number of hydrogen-bond acceptors (Lipinski definition) is 8. The second kappa shape index (κ2) is 8.86. The summed E-state index contributed by atoms with van der Waals surface area (Å²) in [6.07, 6.45) is 4.03. The Morgan fingerprint density at radius 2 is 1.81 bits per heavy atom. The Morgan fingerprint density at radius 3 is 2.47 bits per heavy atom. The molecular weight excluding hydrogens is 410 g/mol. The first-order chi connectivity index (χ1) is 15.7. The van der Waals surface area contributed by atoms with Gasteiger partial charge in [-0.2, -0.15) is 4.98 Å². The number of pyridine rings is 1. The smallest absolute Gasteiger partial charge is 0.260 e. The molecule has 0 N–H and O–H groups in total. The van der Waals surface area contributed by atoms with Crippen LogP contribution in [0.1, 0.15) is 24.7 Å². The molecule has 5 rings (SSSR count). The highest BCUT2D eigenvalue weighted by atomic mass is 16.5. The van der Waals surface area contributed by atoms with Crippen LogP contribution < -0.4 is 14.4 Å².